The van der Waals surface area contributed by atoms with Gasteiger partial charge in [0.05, 0.1) is 13.7 Å². The van der Waals surface area contributed by atoms with E-state index in [9.17, 15) is 18.0 Å². The topological polar surface area (TPSA) is 92.8 Å². The summed E-state index contributed by atoms with van der Waals surface area (Å²) in [5.41, 5.74) is 2.45. The molecule has 1 aliphatic rings. The van der Waals surface area contributed by atoms with Crippen LogP contribution in [0.3, 0.4) is 0 Å². The van der Waals surface area contributed by atoms with Gasteiger partial charge in [-0.05, 0) is 72.1 Å². The fraction of sp³-hybridized carbons (Fsp3) is 0.154. The van der Waals surface area contributed by atoms with Crippen LogP contribution in [0.4, 0.5) is 0 Å². The smallest absolute Gasteiger partial charge is 0.268 e. The lowest BCUT2D eigenvalue weighted by Crippen LogP contribution is -2.31. The first-order chi connectivity index (χ1) is 16.7. The van der Waals surface area contributed by atoms with Gasteiger partial charge in [-0.25, -0.2) is 12.7 Å². The Kier molecular flexibility index (Phi) is 6.95. The molecule has 0 spiro atoms. The Bertz CT molecular complexity index is 1410. The number of sulfonamides is 1. The highest BCUT2D eigenvalue weighted by Gasteiger charge is 2.42. The zero-order valence-electron chi connectivity index (χ0n) is 19.1. The molecule has 0 radical (unpaired) electrons. The van der Waals surface area contributed by atoms with Crippen molar-refractivity contribution in [1.29, 1.82) is 0 Å². The number of benzene rings is 3. The first-order valence-electron chi connectivity index (χ1n) is 10.7. The summed E-state index contributed by atoms with van der Waals surface area (Å²) in [6.07, 6.45) is 0. The second kappa shape index (κ2) is 9.93. The SMILES string of the molecule is COc1ccc(C2=C(C)C(=O)N(Cc3ccc(C(=O)NCc4cccc(Cl)c4)cc3)S2(=O)=O)cc1. The molecule has 2 amide bonds. The molecule has 0 atom stereocenters. The maximum Gasteiger partial charge on any atom is 0.268 e. The van der Waals surface area contributed by atoms with Gasteiger partial charge in [-0.2, -0.15) is 0 Å². The molecule has 0 bridgehead atoms. The van der Waals surface area contributed by atoms with Crippen LogP contribution in [0.5, 0.6) is 5.75 Å². The number of amides is 2. The molecule has 4 rings (SSSR count). The van der Waals surface area contributed by atoms with Crippen molar-refractivity contribution < 1.29 is 22.7 Å². The zero-order chi connectivity index (χ0) is 25.2. The molecular weight excluding hydrogens is 488 g/mol. The van der Waals surface area contributed by atoms with Crippen LogP contribution in [0.25, 0.3) is 4.91 Å². The van der Waals surface area contributed by atoms with Gasteiger partial charge in [0.2, 0.25) is 0 Å². The Balaban J connectivity index is 1.46. The van der Waals surface area contributed by atoms with E-state index in [0.717, 1.165) is 9.87 Å². The molecule has 0 aromatic heterocycles. The highest BCUT2D eigenvalue weighted by atomic mass is 35.5. The molecule has 1 heterocycles. The van der Waals surface area contributed by atoms with Crippen LogP contribution in [0, 0.1) is 0 Å². The molecule has 3 aromatic carbocycles. The molecule has 0 unspecified atom stereocenters. The molecule has 0 saturated heterocycles. The number of nitrogens with one attached hydrogen (secondary N) is 1. The summed E-state index contributed by atoms with van der Waals surface area (Å²) >= 11 is 5.97. The second-order valence-electron chi connectivity index (χ2n) is 8.01. The van der Waals surface area contributed by atoms with Gasteiger partial charge in [-0.1, -0.05) is 35.9 Å². The fourth-order valence-corrected chi connectivity index (χ4v) is 5.84. The van der Waals surface area contributed by atoms with Crippen molar-refractivity contribution in [3.63, 3.8) is 0 Å². The summed E-state index contributed by atoms with van der Waals surface area (Å²) in [6.45, 7) is 1.69. The van der Waals surface area contributed by atoms with Crippen LogP contribution >= 0.6 is 11.6 Å². The third-order valence-corrected chi connectivity index (χ3v) is 7.84. The highest BCUT2D eigenvalue weighted by Crippen LogP contribution is 2.37. The lowest BCUT2D eigenvalue weighted by atomic mass is 10.1. The van der Waals surface area contributed by atoms with E-state index in [0.29, 0.717) is 34.0 Å². The summed E-state index contributed by atoms with van der Waals surface area (Å²) in [4.78, 5) is 25.3. The van der Waals surface area contributed by atoms with Crippen LogP contribution in [0.1, 0.15) is 34.0 Å². The van der Waals surface area contributed by atoms with Crippen molar-refractivity contribution in [2.75, 3.05) is 7.11 Å². The number of carbonyl (C=O) groups is 2. The van der Waals surface area contributed by atoms with Gasteiger partial charge in [0, 0.05) is 22.7 Å². The second-order valence-corrected chi connectivity index (χ2v) is 10.2. The minimum absolute atomic E-state index is 0.0119. The standard InChI is InChI=1S/C26H23ClN2O5S/c1-17-24(20-10-12-23(34-2)13-11-20)35(32,33)29(26(17)31)16-18-6-8-21(9-7-18)25(30)28-15-19-4-3-5-22(27)14-19/h3-14H,15-16H2,1-2H3,(H,28,30). The van der Waals surface area contributed by atoms with Gasteiger partial charge in [-0.3, -0.25) is 9.59 Å². The molecule has 0 saturated carbocycles. The van der Waals surface area contributed by atoms with E-state index >= 15 is 0 Å². The van der Waals surface area contributed by atoms with Crippen molar-refractivity contribution >= 4 is 38.3 Å². The summed E-state index contributed by atoms with van der Waals surface area (Å²) in [5.74, 6) is -0.262. The molecule has 1 aliphatic heterocycles. The Morgan fingerprint density at radius 2 is 1.69 bits per heavy atom. The van der Waals surface area contributed by atoms with Gasteiger partial charge in [0.25, 0.3) is 21.8 Å². The van der Waals surface area contributed by atoms with Crippen molar-refractivity contribution in [3.8, 4) is 5.75 Å². The molecular formula is C26H23ClN2O5S. The average Bonchev–Trinajstić information content (AvgIpc) is 3.02. The Hall–Kier alpha value is -3.62. The van der Waals surface area contributed by atoms with Crippen LogP contribution in [0.2, 0.25) is 5.02 Å². The normalized spacial score (nSPS) is 14.8. The van der Waals surface area contributed by atoms with Gasteiger partial charge in [0.1, 0.15) is 10.7 Å². The third-order valence-electron chi connectivity index (χ3n) is 5.67. The van der Waals surface area contributed by atoms with E-state index in [1.54, 1.807) is 60.7 Å². The lowest BCUT2D eigenvalue weighted by Gasteiger charge is -2.17. The summed E-state index contributed by atoms with van der Waals surface area (Å²) in [7, 11) is -2.51. The van der Waals surface area contributed by atoms with E-state index in [-0.39, 0.29) is 22.9 Å². The van der Waals surface area contributed by atoms with E-state index in [1.807, 2.05) is 12.1 Å². The maximum atomic E-state index is 13.2. The van der Waals surface area contributed by atoms with Crippen LogP contribution in [-0.4, -0.2) is 31.6 Å². The number of nitrogens with zero attached hydrogens (tertiary/aromatic N) is 1. The summed E-state index contributed by atoms with van der Waals surface area (Å²) in [6, 6.07) is 20.2. The van der Waals surface area contributed by atoms with E-state index < -0.39 is 15.9 Å². The molecule has 0 fully saturated rings. The minimum atomic E-state index is -4.03. The van der Waals surface area contributed by atoms with Crippen molar-refractivity contribution in [1.82, 2.24) is 9.62 Å². The number of methoxy groups -OCH3 is 1. The predicted octanol–water partition coefficient (Wildman–Crippen LogP) is 4.38. The third kappa shape index (κ3) is 5.08. The van der Waals surface area contributed by atoms with Crippen molar-refractivity contribution in [2.24, 2.45) is 0 Å². The Morgan fingerprint density at radius 3 is 2.31 bits per heavy atom. The molecule has 180 valence electrons. The van der Waals surface area contributed by atoms with Crippen molar-refractivity contribution in [3.05, 3.63) is 106 Å². The molecule has 0 aliphatic carbocycles. The van der Waals surface area contributed by atoms with E-state index in [4.69, 9.17) is 16.3 Å². The first kappa shape index (κ1) is 24.5. The lowest BCUT2D eigenvalue weighted by molar-refractivity contribution is -0.122. The number of rotatable bonds is 7. The quantitative estimate of drug-likeness (QED) is 0.509. The van der Waals surface area contributed by atoms with Crippen LogP contribution in [0.15, 0.2) is 78.4 Å². The Labute approximate surface area is 209 Å². The number of hydrogen-bond donors (Lipinski definition) is 1. The molecule has 9 heteroatoms. The number of hydrogen-bond acceptors (Lipinski definition) is 5. The largest absolute Gasteiger partial charge is 0.497 e. The van der Waals surface area contributed by atoms with Crippen LogP contribution in [-0.2, 0) is 27.9 Å². The van der Waals surface area contributed by atoms with Gasteiger partial charge in [-0.15, -0.1) is 0 Å². The van der Waals surface area contributed by atoms with Gasteiger partial charge < -0.3 is 10.1 Å². The van der Waals surface area contributed by atoms with Crippen LogP contribution < -0.4 is 10.1 Å². The van der Waals surface area contributed by atoms with Gasteiger partial charge in [0.15, 0.2) is 0 Å². The molecule has 1 N–H and O–H groups in total. The molecule has 7 nitrogen and oxygen atoms in total. The summed E-state index contributed by atoms with van der Waals surface area (Å²) < 4.78 is 32.5. The minimum Gasteiger partial charge on any atom is -0.497 e. The molecule has 35 heavy (non-hydrogen) atoms. The average molecular weight is 511 g/mol. The number of carbonyl (C=O) groups excluding carboxylic acids is 2. The van der Waals surface area contributed by atoms with Gasteiger partial charge >= 0.3 is 0 Å². The highest BCUT2D eigenvalue weighted by molar-refractivity contribution is 7.99. The zero-order valence-corrected chi connectivity index (χ0v) is 20.7. The molecule has 3 aromatic rings. The van der Waals surface area contributed by atoms with Crippen molar-refractivity contribution in [2.45, 2.75) is 20.0 Å². The number of ether oxygens (including phenoxy) is 1. The maximum absolute atomic E-state index is 13.2. The Morgan fingerprint density at radius 1 is 1.00 bits per heavy atom. The van der Waals surface area contributed by atoms with E-state index in [2.05, 4.69) is 5.32 Å². The summed E-state index contributed by atoms with van der Waals surface area (Å²) in [5, 5.41) is 3.41. The monoisotopic (exact) mass is 510 g/mol. The van der Waals surface area contributed by atoms with E-state index in [1.165, 1.54) is 14.0 Å². The predicted molar refractivity (Wildman–Crippen MR) is 134 cm³/mol. The fourth-order valence-electron chi connectivity index (χ4n) is 3.82. The first-order valence-corrected chi connectivity index (χ1v) is 12.6. The number of halogens is 1.